The molecule has 0 fully saturated rings. The molecule has 1 aromatic heterocycles. The molecule has 0 saturated heterocycles. The number of hydrogen-bond acceptors (Lipinski definition) is 4. The molecule has 5 nitrogen and oxygen atoms in total. The van der Waals surface area contributed by atoms with E-state index in [1.54, 1.807) is 31.4 Å². The maximum Gasteiger partial charge on any atom is 0.251 e. The molecule has 116 valence electrons. The van der Waals surface area contributed by atoms with Gasteiger partial charge in [-0.2, -0.15) is 0 Å². The van der Waals surface area contributed by atoms with Gasteiger partial charge in [0.05, 0.1) is 13.2 Å². The lowest BCUT2D eigenvalue weighted by atomic mass is 10.1. The summed E-state index contributed by atoms with van der Waals surface area (Å²) in [5.74, 6) is 0.305. The predicted molar refractivity (Wildman–Crippen MR) is 84.5 cm³/mol. The van der Waals surface area contributed by atoms with Crippen LogP contribution in [-0.2, 0) is 0 Å². The summed E-state index contributed by atoms with van der Waals surface area (Å²) in [6.45, 7) is 0.0583. The lowest BCUT2D eigenvalue weighted by Gasteiger charge is -2.13. The number of nitrogens with zero attached hydrogens (tertiary/aromatic N) is 1. The number of aliphatic hydroxyl groups is 1. The number of aromatic nitrogens is 1. The maximum atomic E-state index is 12.0. The Hall–Kier alpha value is -1.82. The van der Waals surface area contributed by atoms with Crippen LogP contribution in [-0.4, -0.2) is 29.7 Å². The van der Waals surface area contributed by atoms with Gasteiger partial charge in [0.15, 0.2) is 0 Å². The second-order valence-corrected chi connectivity index (χ2v) is 5.27. The van der Waals surface area contributed by atoms with Crippen LogP contribution in [0.4, 0.5) is 0 Å². The fourth-order valence-electron chi connectivity index (χ4n) is 1.83. The molecule has 1 amide bonds. The van der Waals surface area contributed by atoms with Crippen LogP contribution in [0.2, 0.25) is 10.3 Å². The molecular formula is C15H14Cl2N2O3. The largest absolute Gasteiger partial charge is 0.497 e. The van der Waals surface area contributed by atoms with Crippen LogP contribution < -0.4 is 10.1 Å². The first kappa shape index (κ1) is 16.5. The number of carbonyl (C=O) groups is 1. The number of nitrogens with one attached hydrogen (secondary N) is 1. The van der Waals surface area contributed by atoms with Crippen LogP contribution in [0.3, 0.4) is 0 Å². The molecule has 1 aromatic carbocycles. The van der Waals surface area contributed by atoms with Gasteiger partial charge in [0.25, 0.3) is 5.91 Å². The van der Waals surface area contributed by atoms with E-state index in [1.807, 2.05) is 0 Å². The first-order valence-electron chi connectivity index (χ1n) is 6.43. The molecule has 22 heavy (non-hydrogen) atoms. The Morgan fingerprint density at radius 3 is 2.41 bits per heavy atom. The predicted octanol–water partition coefficient (Wildman–Crippen LogP) is 2.86. The van der Waals surface area contributed by atoms with Gasteiger partial charge in [0.2, 0.25) is 0 Å². The van der Waals surface area contributed by atoms with Gasteiger partial charge < -0.3 is 15.2 Å². The molecule has 0 aliphatic rings. The molecule has 1 unspecified atom stereocenters. The molecule has 0 aliphatic heterocycles. The van der Waals surface area contributed by atoms with Crippen LogP contribution in [0, 0.1) is 0 Å². The minimum atomic E-state index is -0.831. The van der Waals surface area contributed by atoms with E-state index in [4.69, 9.17) is 27.9 Å². The maximum absolute atomic E-state index is 12.0. The second-order valence-electron chi connectivity index (χ2n) is 4.50. The van der Waals surface area contributed by atoms with E-state index in [1.165, 1.54) is 12.1 Å². The van der Waals surface area contributed by atoms with Crippen LogP contribution in [0.25, 0.3) is 0 Å². The van der Waals surface area contributed by atoms with Crippen LogP contribution in [0.15, 0.2) is 36.4 Å². The number of halogens is 2. The van der Waals surface area contributed by atoms with E-state index in [2.05, 4.69) is 10.3 Å². The smallest absolute Gasteiger partial charge is 0.251 e. The normalized spacial score (nSPS) is 11.8. The van der Waals surface area contributed by atoms with Crippen molar-refractivity contribution in [3.63, 3.8) is 0 Å². The molecule has 0 saturated carbocycles. The van der Waals surface area contributed by atoms with Crippen molar-refractivity contribution >= 4 is 29.1 Å². The fraction of sp³-hybridized carbons (Fsp3) is 0.200. The lowest BCUT2D eigenvalue weighted by Crippen LogP contribution is -2.28. The first-order valence-corrected chi connectivity index (χ1v) is 7.18. The third-order valence-corrected chi connectivity index (χ3v) is 3.37. The van der Waals surface area contributed by atoms with Gasteiger partial charge in [-0.3, -0.25) is 4.79 Å². The van der Waals surface area contributed by atoms with Crippen molar-refractivity contribution in [3.8, 4) is 5.75 Å². The summed E-state index contributed by atoms with van der Waals surface area (Å²) >= 11 is 11.5. The minimum absolute atomic E-state index is 0.0583. The van der Waals surface area contributed by atoms with Crippen molar-refractivity contribution in [2.45, 2.75) is 6.10 Å². The van der Waals surface area contributed by atoms with Crippen molar-refractivity contribution in [3.05, 3.63) is 57.8 Å². The van der Waals surface area contributed by atoms with E-state index in [9.17, 15) is 9.90 Å². The Morgan fingerprint density at radius 2 is 1.86 bits per heavy atom. The number of benzene rings is 1. The van der Waals surface area contributed by atoms with E-state index >= 15 is 0 Å². The highest BCUT2D eigenvalue weighted by Gasteiger charge is 2.12. The number of methoxy groups -OCH3 is 1. The van der Waals surface area contributed by atoms with Gasteiger partial charge in [-0.1, -0.05) is 35.3 Å². The van der Waals surface area contributed by atoms with Crippen LogP contribution in [0.1, 0.15) is 22.0 Å². The summed E-state index contributed by atoms with van der Waals surface area (Å²) < 4.78 is 5.05. The summed E-state index contributed by atoms with van der Waals surface area (Å²) in [5.41, 5.74) is 0.957. The monoisotopic (exact) mass is 340 g/mol. The SMILES string of the molecule is COc1ccc(C(O)CNC(=O)c2cc(Cl)nc(Cl)c2)cc1. The molecule has 2 rings (SSSR count). The van der Waals surface area contributed by atoms with Crippen LogP contribution >= 0.6 is 23.2 Å². The molecule has 0 aliphatic carbocycles. The third kappa shape index (κ3) is 4.34. The topological polar surface area (TPSA) is 71.5 Å². The molecule has 2 aromatic rings. The zero-order valence-corrected chi connectivity index (χ0v) is 13.2. The van der Waals surface area contributed by atoms with Gasteiger partial charge in [0.1, 0.15) is 16.1 Å². The van der Waals surface area contributed by atoms with Gasteiger partial charge >= 0.3 is 0 Å². The van der Waals surface area contributed by atoms with E-state index in [0.717, 1.165) is 0 Å². The molecule has 0 radical (unpaired) electrons. The number of pyridine rings is 1. The minimum Gasteiger partial charge on any atom is -0.497 e. The molecule has 1 atom stereocenters. The first-order chi connectivity index (χ1) is 10.5. The average Bonchev–Trinajstić information content (AvgIpc) is 2.51. The Bertz CT molecular complexity index is 642. The summed E-state index contributed by atoms with van der Waals surface area (Å²) in [6, 6.07) is 9.75. The average molecular weight is 341 g/mol. The fourth-order valence-corrected chi connectivity index (χ4v) is 2.29. The van der Waals surface area contributed by atoms with Crippen molar-refractivity contribution in [2.24, 2.45) is 0 Å². The van der Waals surface area contributed by atoms with Gasteiger partial charge in [-0.15, -0.1) is 0 Å². The third-order valence-electron chi connectivity index (χ3n) is 2.98. The molecule has 2 N–H and O–H groups in total. The molecule has 0 bridgehead atoms. The highest BCUT2D eigenvalue weighted by Crippen LogP contribution is 2.18. The standard InChI is InChI=1S/C15H14Cl2N2O3/c1-22-11-4-2-9(3-5-11)12(20)8-18-15(21)10-6-13(16)19-14(17)7-10/h2-7,12,20H,8H2,1H3,(H,18,21). The Kier molecular flexibility index (Phi) is 5.60. The number of carbonyl (C=O) groups excluding carboxylic acids is 1. The molecular weight excluding hydrogens is 327 g/mol. The zero-order valence-electron chi connectivity index (χ0n) is 11.7. The van der Waals surface area contributed by atoms with Crippen molar-refractivity contribution in [2.75, 3.05) is 13.7 Å². The molecule has 7 heteroatoms. The summed E-state index contributed by atoms with van der Waals surface area (Å²) in [5, 5.41) is 12.9. The van der Waals surface area contributed by atoms with E-state index < -0.39 is 12.0 Å². The van der Waals surface area contributed by atoms with Gasteiger partial charge in [-0.05, 0) is 29.8 Å². The summed E-state index contributed by atoms with van der Waals surface area (Å²) in [7, 11) is 1.57. The molecule has 1 heterocycles. The van der Waals surface area contributed by atoms with Gasteiger partial charge in [-0.25, -0.2) is 4.98 Å². The highest BCUT2D eigenvalue weighted by atomic mass is 35.5. The Balaban J connectivity index is 1.97. The van der Waals surface area contributed by atoms with Crippen molar-refractivity contribution in [1.29, 1.82) is 0 Å². The lowest BCUT2D eigenvalue weighted by molar-refractivity contribution is 0.0916. The van der Waals surface area contributed by atoms with E-state index in [-0.39, 0.29) is 22.4 Å². The number of amides is 1. The van der Waals surface area contributed by atoms with Crippen LogP contribution in [0.5, 0.6) is 5.75 Å². The summed E-state index contributed by atoms with van der Waals surface area (Å²) in [6.07, 6.45) is -0.831. The number of hydrogen-bond donors (Lipinski definition) is 2. The molecule has 0 spiro atoms. The quantitative estimate of drug-likeness (QED) is 0.821. The number of ether oxygens (including phenoxy) is 1. The highest BCUT2D eigenvalue weighted by molar-refractivity contribution is 6.33. The van der Waals surface area contributed by atoms with Crippen molar-refractivity contribution < 1.29 is 14.6 Å². The van der Waals surface area contributed by atoms with Gasteiger partial charge in [0, 0.05) is 12.1 Å². The number of aliphatic hydroxyl groups excluding tert-OH is 1. The van der Waals surface area contributed by atoms with Crippen molar-refractivity contribution in [1.82, 2.24) is 10.3 Å². The number of rotatable bonds is 5. The van der Waals surface area contributed by atoms with E-state index in [0.29, 0.717) is 11.3 Å². The zero-order chi connectivity index (χ0) is 16.1. The second kappa shape index (κ2) is 7.45. The Labute approximate surface area is 137 Å². The summed E-state index contributed by atoms with van der Waals surface area (Å²) in [4.78, 5) is 15.8. The Morgan fingerprint density at radius 1 is 1.27 bits per heavy atom.